The van der Waals surface area contributed by atoms with Crippen LogP contribution in [-0.2, 0) is 0 Å². The zero-order valence-corrected chi connectivity index (χ0v) is 16.2. The third kappa shape index (κ3) is 12.8. The van der Waals surface area contributed by atoms with Crippen molar-refractivity contribution < 1.29 is 0 Å². The smallest absolute Gasteiger partial charge is 0.0353 e. The summed E-state index contributed by atoms with van der Waals surface area (Å²) >= 11 is 0. The van der Waals surface area contributed by atoms with E-state index in [1.807, 2.05) is 0 Å². The van der Waals surface area contributed by atoms with Crippen molar-refractivity contribution in [3.63, 3.8) is 0 Å². The minimum absolute atomic E-state index is 1.13. The van der Waals surface area contributed by atoms with Crippen LogP contribution < -0.4 is 0 Å². The Bertz CT molecular complexity index is 255. The van der Waals surface area contributed by atoms with E-state index in [2.05, 4.69) is 19.6 Å². The van der Waals surface area contributed by atoms with Gasteiger partial charge in [-0.2, -0.15) is 0 Å². The first-order chi connectivity index (χ1) is 11.4. The molecule has 0 aromatic rings. The molecule has 1 aliphatic carbocycles. The summed E-state index contributed by atoms with van der Waals surface area (Å²) in [4.78, 5) is 0. The van der Waals surface area contributed by atoms with E-state index < -0.39 is 0 Å². The first-order valence-electron chi connectivity index (χ1n) is 11.0. The van der Waals surface area contributed by atoms with Crippen molar-refractivity contribution in [1.29, 1.82) is 0 Å². The summed E-state index contributed by atoms with van der Waals surface area (Å²) in [6.07, 6.45) is 28.3. The maximum Gasteiger partial charge on any atom is -0.0353 e. The zero-order valence-electron chi connectivity index (χ0n) is 16.2. The molecule has 0 heterocycles. The Morgan fingerprint density at radius 3 is 1.57 bits per heavy atom. The third-order valence-electron chi connectivity index (χ3n) is 5.73. The monoisotopic (exact) mass is 320 g/mol. The van der Waals surface area contributed by atoms with Crippen LogP contribution in [0, 0.1) is 11.8 Å². The molecule has 0 spiro atoms. The maximum atomic E-state index is 3.78. The highest BCUT2D eigenvalue weighted by molar-refractivity contribution is 4.85. The van der Waals surface area contributed by atoms with Crippen molar-refractivity contribution >= 4 is 0 Å². The summed E-state index contributed by atoms with van der Waals surface area (Å²) in [5, 5.41) is 0. The minimum atomic E-state index is 1.13. The molecule has 1 aliphatic rings. The van der Waals surface area contributed by atoms with Gasteiger partial charge in [0.25, 0.3) is 0 Å². The maximum absolute atomic E-state index is 3.78. The van der Waals surface area contributed by atoms with Gasteiger partial charge in [-0.1, -0.05) is 109 Å². The molecule has 0 aliphatic heterocycles. The van der Waals surface area contributed by atoms with Crippen molar-refractivity contribution in [2.75, 3.05) is 0 Å². The molecule has 0 bridgehead atoms. The summed E-state index contributed by atoms with van der Waals surface area (Å²) in [6.45, 7) is 6.09. The topological polar surface area (TPSA) is 0 Å². The van der Waals surface area contributed by atoms with Gasteiger partial charge in [0, 0.05) is 0 Å². The van der Waals surface area contributed by atoms with Crippen LogP contribution in [0.3, 0.4) is 0 Å². The Labute approximate surface area is 147 Å². The normalized spacial score (nSPS) is 19.9. The first-order valence-corrected chi connectivity index (χ1v) is 11.0. The van der Waals surface area contributed by atoms with Gasteiger partial charge < -0.3 is 0 Å². The van der Waals surface area contributed by atoms with Gasteiger partial charge in [-0.15, -0.1) is 6.58 Å². The van der Waals surface area contributed by atoms with E-state index in [9.17, 15) is 0 Å². The number of hydrogen-bond donors (Lipinski definition) is 0. The standard InChI is InChI=1S/C23H44/c1-3-5-7-9-11-12-13-14-16-18-20-23-21-22(23)19-17-15-10-8-6-4-2/h3,22-23H,1,4-21H2,2H3. The van der Waals surface area contributed by atoms with Crippen molar-refractivity contribution in [2.45, 2.75) is 122 Å². The van der Waals surface area contributed by atoms with E-state index in [-0.39, 0.29) is 0 Å². The molecule has 2 unspecified atom stereocenters. The van der Waals surface area contributed by atoms with Crippen LogP contribution in [0.1, 0.15) is 122 Å². The van der Waals surface area contributed by atoms with E-state index >= 15 is 0 Å². The molecule has 0 aromatic heterocycles. The molecule has 0 saturated heterocycles. The Hall–Kier alpha value is -0.260. The van der Waals surface area contributed by atoms with Crippen molar-refractivity contribution in [1.82, 2.24) is 0 Å². The van der Waals surface area contributed by atoms with E-state index in [1.54, 1.807) is 19.3 Å². The number of rotatable bonds is 18. The minimum Gasteiger partial charge on any atom is -0.103 e. The van der Waals surface area contributed by atoms with Crippen LogP contribution in [0.4, 0.5) is 0 Å². The predicted octanol–water partition coefficient (Wildman–Crippen LogP) is 8.46. The lowest BCUT2D eigenvalue weighted by Crippen LogP contribution is -1.87. The molecule has 23 heavy (non-hydrogen) atoms. The van der Waals surface area contributed by atoms with Crippen LogP contribution in [0.5, 0.6) is 0 Å². The second-order valence-corrected chi connectivity index (χ2v) is 8.01. The molecule has 1 fully saturated rings. The summed E-state index contributed by atoms with van der Waals surface area (Å²) in [5.74, 6) is 2.26. The van der Waals surface area contributed by atoms with Gasteiger partial charge in [0.15, 0.2) is 0 Å². The number of allylic oxidation sites excluding steroid dienone is 1. The Balaban J connectivity index is 1.73. The Kier molecular flexibility index (Phi) is 13.8. The van der Waals surface area contributed by atoms with Gasteiger partial charge in [-0.25, -0.2) is 0 Å². The average Bonchev–Trinajstić information content (AvgIpc) is 3.31. The molecule has 136 valence electrons. The summed E-state index contributed by atoms with van der Waals surface area (Å²) in [5.41, 5.74) is 0. The summed E-state index contributed by atoms with van der Waals surface area (Å²) in [7, 11) is 0. The highest BCUT2D eigenvalue weighted by Crippen LogP contribution is 2.45. The largest absolute Gasteiger partial charge is 0.103 e. The molecule has 2 atom stereocenters. The summed E-state index contributed by atoms with van der Waals surface area (Å²) < 4.78 is 0. The molecule has 0 heteroatoms. The van der Waals surface area contributed by atoms with Gasteiger partial charge in [0.2, 0.25) is 0 Å². The molecule has 0 aromatic carbocycles. The second-order valence-electron chi connectivity index (χ2n) is 8.01. The molecule has 1 rings (SSSR count). The quantitative estimate of drug-likeness (QED) is 0.175. The van der Waals surface area contributed by atoms with Crippen molar-refractivity contribution in [3.8, 4) is 0 Å². The van der Waals surface area contributed by atoms with Gasteiger partial charge in [0.1, 0.15) is 0 Å². The van der Waals surface area contributed by atoms with Crippen LogP contribution in [0.15, 0.2) is 12.7 Å². The zero-order chi connectivity index (χ0) is 16.6. The van der Waals surface area contributed by atoms with Crippen LogP contribution >= 0.6 is 0 Å². The average molecular weight is 321 g/mol. The highest BCUT2D eigenvalue weighted by Gasteiger charge is 2.34. The Morgan fingerprint density at radius 2 is 1.09 bits per heavy atom. The molecular formula is C23H44. The first kappa shape index (κ1) is 20.8. The van der Waals surface area contributed by atoms with Gasteiger partial charge in [0.05, 0.1) is 0 Å². The fourth-order valence-electron chi connectivity index (χ4n) is 3.96. The fraction of sp³-hybridized carbons (Fsp3) is 0.913. The molecule has 1 saturated carbocycles. The summed E-state index contributed by atoms with van der Waals surface area (Å²) in [6, 6.07) is 0. The SMILES string of the molecule is C=CCCCCCCCCCCC1CC1CCCCCCCC. The lowest BCUT2D eigenvalue weighted by Gasteiger charge is -2.03. The van der Waals surface area contributed by atoms with Crippen LogP contribution in [0.2, 0.25) is 0 Å². The predicted molar refractivity (Wildman–Crippen MR) is 106 cm³/mol. The van der Waals surface area contributed by atoms with Gasteiger partial charge in [-0.05, 0) is 31.1 Å². The van der Waals surface area contributed by atoms with Gasteiger partial charge in [-0.3, -0.25) is 0 Å². The van der Waals surface area contributed by atoms with Gasteiger partial charge >= 0.3 is 0 Å². The van der Waals surface area contributed by atoms with Crippen LogP contribution in [0.25, 0.3) is 0 Å². The third-order valence-corrected chi connectivity index (χ3v) is 5.73. The Morgan fingerprint density at radius 1 is 0.652 bits per heavy atom. The lowest BCUT2D eigenvalue weighted by molar-refractivity contribution is 0.511. The molecular weight excluding hydrogens is 276 g/mol. The fourth-order valence-corrected chi connectivity index (χ4v) is 3.96. The van der Waals surface area contributed by atoms with Crippen LogP contribution in [-0.4, -0.2) is 0 Å². The van der Waals surface area contributed by atoms with E-state index in [0.717, 1.165) is 11.8 Å². The molecule has 0 nitrogen and oxygen atoms in total. The highest BCUT2D eigenvalue weighted by atomic mass is 14.4. The van der Waals surface area contributed by atoms with E-state index in [1.165, 1.54) is 96.3 Å². The molecule has 0 N–H and O–H groups in total. The lowest BCUT2D eigenvalue weighted by atomic mass is 10.0. The van der Waals surface area contributed by atoms with Crippen molar-refractivity contribution in [2.24, 2.45) is 11.8 Å². The van der Waals surface area contributed by atoms with E-state index in [4.69, 9.17) is 0 Å². The number of hydrogen-bond acceptors (Lipinski definition) is 0. The number of unbranched alkanes of at least 4 members (excludes halogenated alkanes) is 13. The second kappa shape index (κ2) is 15.3. The molecule has 0 amide bonds. The van der Waals surface area contributed by atoms with Crippen molar-refractivity contribution in [3.05, 3.63) is 12.7 Å². The van der Waals surface area contributed by atoms with E-state index in [0.29, 0.717) is 0 Å². The molecule has 0 radical (unpaired) electrons.